The summed E-state index contributed by atoms with van der Waals surface area (Å²) < 4.78 is 11.2. The number of nitrogens with one attached hydrogen (secondary N) is 2. The number of amides is 4. The standard InChI is InChI=1S/C54H64N6O8/c1-51(2,3)49(65)57(7)39(29-33-21-13-11-14-22-33)43(61)59-41(45(63)67-9)31-53(35-25-17-19-27-37(35)55-47(53)59)54-32-42(46(64)68-10)60(48(54)56-38-28-20-18-26-36(38)54)44(62)40(30-34-23-15-12-16-24-34)58(8)50(66)52(4,5)6/h11-28,39-42,47-48,55-56H,29-32H2,1-10H3/t39-,40-,41-,42-,47-,48-,53+,54+/m0/s1. The molecule has 0 aromatic heterocycles. The fourth-order valence-corrected chi connectivity index (χ4v) is 11.8. The third-order valence-corrected chi connectivity index (χ3v) is 14.8. The molecule has 0 bridgehead atoms. The van der Waals surface area contributed by atoms with Crippen molar-refractivity contribution in [2.75, 3.05) is 38.9 Å². The Kier molecular flexibility index (Phi) is 12.5. The molecule has 2 N–H and O–H groups in total. The van der Waals surface area contributed by atoms with E-state index in [2.05, 4.69) is 10.6 Å². The number of carbonyl (C=O) groups is 6. The Balaban J connectivity index is 1.36. The molecule has 0 spiro atoms. The fraction of sp³-hybridized carbons (Fsp3) is 0.444. The van der Waals surface area contributed by atoms with Crippen LogP contribution in [-0.4, -0.2) is 120 Å². The zero-order valence-corrected chi connectivity index (χ0v) is 40.7. The first-order valence-electron chi connectivity index (χ1n) is 23.4. The van der Waals surface area contributed by atoms with Crippen molar-refractivity contribution < 1.29 is 38.2 Å². The van der Waals surface area contributed by atoms with Crippen molar-refractivity contribution in [2.24, 2.45) is 10.8 Å². The zero-order chi connectivity index (χ0) is 49.1. The Hall–Kier alpha value is -6.70. The number of rotatable bonds is 11. The number of methoxy groups -OCH3 is 2. The fourth-order valence-electron chi connectivity index (χ4n) is 11.8. The van der Waals surface area contributed by atoms with Crippen molar-refractivity contribution in [1.82, 2.24) is 19.6 Å². The number of likely N-dealkylation sites (tertiary alicyclic amines) is 2. The maximum atomic E-state index is 16.0. The normalized spacial score (nSPS) is 24.3. The minimum absolute atomic E-state index is 0.0212. The van der Waals surface area contributed by atoms with E-state index in [1.165, 1.54) is 24.0 Å². The van der Waals surface area contributed by atoms with Gasteiger partial charge in [0.05, 0.1) is 25.0 Å². The summed E-state index contributed by atoms with van der Waals surface area (Å²) in [5, 5.41) is 7.42. The summed E-state index contributed by atoms with van der Waals surface area (Å²) in [5.41, 5.74) is 0.441. The van der Waals surface area contributed by atoms with Gasteiger partial charge in [-0.25, -0.2) is 9.59 Å². The number of nitrogens with zero attached hydrogens (tertiary/aromatic N) is 4. The molecule has 358 valence electrons. The Labute approximate surface area is 399 Å². The van der Waals surface area contributed by atoms with Gasteiger partial charge in [-0.3, -0.25) is 19.2 Å². The lowest BCUT2D eigenvalue weighted by Gasteiger charge is -2.48. The van der Waals surface area contributed by atoms with Gasteiger partial charge in [-0.2, -0.15) is 0 Å². The largest absolute Gasteiger partial charge is 0.467 e. The SMILES string of the molecule is COC(=O)[C@@H]1C[C@@]2([C@@]34C[C@@H](C(=O)OC)N(C(=O)[C@H](Cc5ccccc5)N(C)C(=O)C(C)(C)C)[C@@H]3Nc3ccccc34)c3ccccc3N[C@H]2N1C(=O)[C@H](Cc1ccccc1)N(C)C(=O)C(C)(C)C. The van der Waals surface area contributed by atoms with E-state index in [1.807, 2.05) is 109 Å². The lowest BCUT2D eigenvalue weighted by atomic mass is 9.54. The number of likely N-dealkylation sites (N-methyl/N-ethyl adjacent to an activating group) is 2. The molecule has 0 unspecified atom stereocenters. The van der Waals surface area contributed by atoms with Crippen molar-refractivity contribution in [1.29, 1.82) is 0 Å². The minimum atomic E-state index is -1.25. The van der Waals surface area contributed by atoms with Crippen LogP contribution >= 0.6 is 0 Å². The summed E-state index contributed by atoms with van der Waals surface area (Å²) >= 11 is 0. The molecule has 0 aliphatic carbocycles. The summed E-state index contributed by atoms with van der Waals surface area (Å²) in [6.45, 7) is 10.8. The van der Waals surface area contributed by atoms with Gasteiger partial charge in [-0.05, 0) is 47.2 Å². The number of benzene rings is 4. The van der Waals surface area contributed by atoms with Crippen molar-refractivity contribution in [2.45, 2.75) is 115 Å². The molecule has 68 heavy (non-hydrogen) atoms. The number of carbonyl (C=O) groups excluding carboxylic acids is 6. The van der Waals surface area contributed by atoms with Crippen LogP contribution in [-0.2, 0) is 61.9 Å². The average Bonchev–Trinajstić information content (AvgIpc) is 4.05. The number of fused-ring (bicyclic) bond motifs is 7. The highest BCUT2D eigenvalue weighted by Gasteiger charge is 2.77. The van der Waals surface area contributed by atoms with Gasteiger partial charge in [0.2, 0.25) is 23.6 Å². The molecule has 8 rings (SSSR count). The summed E-state index contributed by atoms with van der Waals surface area (Å²) in [5.74, 6) is -2.75. The van der Waals surface area contributed by atoms with Gasteiger partial charge in [0.1, 0.15) is 36.5 Å². The molecule has 4 aromatic rings. The van der Waals surface area contributed by atoms with Gasteiger partial charge in [0.25, 0.3) is 0 Å². The van der Waals surface area contributed by atoms with E-state index in [4.69, 9.17) is 9.47 Å². The van der Waals surface area contributed by atoms with Gasteiger partial charge < -0.3 is 39.7 Å². The van der Waals surface area contributed by atoms with E-state index in [1.54, 1.807) is 65.4 Å². The smallest absolute Gasteiger partial charge is 0.328 e. The molecule has 4 aliphatic rings. The van der Waals surface area contributed by atoms with Gasteiger partial charge in [0, 0.05) is 49.1 Å². The molecule has 8 atom stereocenters. The molecule has 4 amide bonds. The predicted octanol–water partition coefficient (Wildman–Crippen LogP) is 6.15. The first-order valence-corrected chi connectivity index (χ1v) is 23.4. The molecule has 4 heterocycles. The summed E-state index contributed by atoms with van der Waals surface area (Å²) in [4.78, 5) is 95.7. The van der Waals surface area contributed by atoms with Gasteiger partial charge in [-0.1, -0.05) is 139 Å². The highest BCUT2D eigenvalue weighted by atomic mass is 16.5. The third-order valence-electron chi connectivity index (χ3n) is 14.8. The molecule has 2 fully saturated rings. The minimum Gasteiger partial charge on any atom is -0.467 e. The highest BCUT2D eigenvalue weighted by Crippen LogP contribution is 2.68. The molecule has 4 aromatic carbocycles. The van der Waals surface area contributed by atoms with Crippen molar-refractivity contribution in [3.05, 3.63) is 131 Å². The average molecular weight is 925 g/mol. The second-order valence-corrected chi connectivity index (χ2v) is 20.8. The lowest BCUT2D eigenvalue weighted by Crippen LogP contribution is -2.64. The molecule has 0 radical (unpaired) electrons. The summed E-state index contributed by atoms with van der Waals surface area (Å²) in [6, 6.07) is 29.9. The number of hydrogen-bond donors (Lipinski definition) is 2. The number of hydrogen-bond acceptors (Lipinski definition) is 10. The van der Waals surface area contributed by atoms with Crippen molar-refractivity contribution in [3.8, 4) is 0 Å². The first kappa shape index (κ1) is 47.8. The topological polar surface area (TPSA) is 158 Å². The molecular weight excluding hydrogens is 861 g/mol. The number of esters is 2. The van der Waals surface area contributed by atoms with Gasteiger partial charge >= 0.3 is 11.9 Å². The molecular formula is C54H64N6O8. The van der Waals surface area contributed by atoms with Crippen molar-refractivity contribution >= 4 is 46.9 Å². The maximum absolute atomic E-state index is 16.0. The van der Waals surface area contributed by atoms with E-state index in [-0.39, 0.29) is 37.5 Å². The first-order chi connectivity index (χ1) is 32.2. The van der Waals surface area contributed by atoms with E-state index < -0.39 is 81.9 Å². The zero-order valence-electron chi connectivity index (χ0n) is 40.7. The van der Waals surface area contributed by atoms with E-state index in [0.717, 1.165) is 22.3 Å². The van der Waals surface area contributed by atoms with Crippen LogP contribution in [0.5, 0.6) is 0 Å². The van der Waals surface area contributed by atoms with E-state index in [0.29, 0.717) is 11.4 Å². The number of para-hydroxylation sites is 2. The van der Waals surface area contributed by atoms with Crippen LogP contribution in [0, 0.1) is 10.8 Å². The van der Waals surface area contributed by atoms with Crippen LogP contribution in [0.15, 0.2) is 109 Å². The number of anilines is 2. The Morgan fingerprint density at radius 2 is 0.882 bits per heavy atom. The van der Waals surface area contributed by atoms with E-state index in [9.17, 15) is 19.2 Å². The van der Waals surface area contributed by atoms with Crippen LogP contribution in [0.3, 0.4) is 0 Å². The molecule has 4 aliphatic heterocycles. The Bertz CT molecular complexity index is 2430. The lowest BCUT2D eigenvalue weighted by molar-refractivity contribution is -0.157. The van der Waals surface area contributed by atoms with Crippen LogP contribution in [0.25, 0.3) is 0 Å². The van der Waals surface area contributed by atoms with E-state index >= 15 is 9.59 Å². The van der Waals surface area contributed by atoms with Crippen LogP contribution < -0.4 is 10.6 Å². The third kappa shape index (κ3) is 7.65. The van der Waals surface area contributed by atoms with Crippen molar-refractivity contribution in [3.63, 3.8) is 0 Å². The number of ether oxygens (including phenoxy) is 2. The molecule has 14 heteroatoms. The second kappa shape index (κ2) is 17.7. The van der Waals surface area contributed by atoms with Crippen LogP contribution in [0.4, 0.5) is 11.4 Å². The van der Waals surface area contributed by atoms with Gasteiger partial charge in [-0.15, -0.1) is 0 Å². The summed E-state index contributed by atoms with van der Waals surface area (Å²) in [7, 11) is 5.85. The molecule has 0 saturated carbocycles. The monoisotopic (exact) mass is 924 g/mol. The predicted molar refractivity (Wildman–Crippen MR) is 258 cm³/mol. The Morgan fingerprint density at radius 3 is 1.21 bits per heavy atom. The summed E-state index contributed by atoms with van der Waals surface area (Å²) in [6.07, 6.45) is -1.59. The Morgan fingerprint density at radius 1 is 0.559 bits per heavy atom. The molecule has 2 saturated heterocycles. The van der Waals surface area contributed by atoms with Gasteiger partial charge in [0.15, 0.2) is 0 Å². The molecule has 14 nitrogen and oxygen atoms in total. The van der Waals surface area contributed by atoms with Crippen LogP contribution in [0.2, 0.25) is 0 Å². The second-order valence-electron chi connectivity index (χ2n) is 20.8. The quantitative estimate of drug-likeness (QED) is 0.168. The highest BCUT2D eigenvalue weighted by molar-refractivity contribution is 5.96. The maximum Gasteiger partial charge on any atom is 0.328 e. The van der Waals surface area contributed by atoms with Crippen LogP contribution in [0.1, 0.15) is 76.6 Å².